The lowest BCUT2D eigenvalue weighted by molar-refractivity contribution is -0.119. The van der Waals surface area contributed by atoms with E-state index >= 15 is 0 Å². The number of hydrogen-bond acceptors (Lipinski definition) is 4. The van der Waals surface area contributed by atoms with Crippen LogP contribution >= 0.6 is 0 Å². The summed E-state index contributed by atoms with van der Waals surface area (Å²) in [6.45, 7) is 6.62. The SMILES string of the molecule is CC(C)CNC(=O)c1cc(C(=O)N2CCN(C=O)CC2)ccn1. The Labute approximate surface area is 135 Å². The first-order valence-corrected chi connectivity index (χ1v) is 7.74. The Morgan fingerprint density at radius 2 is 2.00 bits per heavy atom. The van der Waals surface area contributed by atoms with E-state index in [1.807, 2.05) is 13.8 Å². The molecule has 23 heavy (non-hydrogen) atoms. The van der Waals surface area contributed by atoms with E-state index in [1.54, 1.807) is 15.9 Å². The molecule has 7 nitrogen and oxygen atoms in total. The number of nitrogens with zero attached hydrogens (tertiary/aromatic N) is 3. The molecule has 1 aliphatic rings. The molecule has 0 atom stereocenters. The van der Waals surface area contributed by atoms with Crippen LogP contribution in [0.25, 0.3) is 0 Å². The zero-order chi connectivity index (χ0) is 16.8. The van der Waals surface area contributed by atoms with Crippen LogP contribution in [-0.4, -0.2) is 65.7 Å². The predicted octanol–water partition coefficient (Wildman–Crippen LogP) is 0.382. The van der Waals surface area contributed by atoms with E-state index in [9.17, 15) is 14.4 Å². The third-order valence-corrected chi connectivity index (χ3v) is 3.66. The van der Waals surface area contributed by atoms with Gasteiger partial charge in [0.25, 0.3) is 11.8 Å². The molecule has 1 saturated heterocycles. The van der Waals surface area contributed by atoms with Gasteiger partial charge in [-0.2, -0.15) is 0 Å². The molecule has 0 saturated carbocycles. The number of carbonyl (C=O) groups is 3. The van der Waals surface area contributed by atoms with Crippen LogP contribution in [0, 0.1) is 5.92 Å². The minimum atomic E-state index is -0.279. The van der Waals surface area contributed by atoms with Crippen molar-refractivity contribution < 1.29 is 14.4 Å². The summed E-state index contributed by atoms with van der Waals surface area (Å²) >= 11 is 0. The van der Waals surface area contributed by atoms with Gasteiger partial charge in [0.1, 0.15) is 5.69 Å². The lowest BCUT2D eigenvalue weighted by atomic mass is 10.1. The topological polar surface area (TPSA) is 82.6 Å². The Hall–Kier alpha value is -2.44. The van der Waals surface area contributed by atoms with Crippen molar-refractivity contribution in [1.29, 1.82) is 0 Å². The van der Waals surface area contributed by atoms with E-state index in [2.05, 4.69) is 10.3 Å². The predicted molar refractivity (Wildman–Crippen MR) is 84.9 cm³/mol. The summed E-state index contributed by atoms with van der Waals surface area (Å²) in [7, 11) is 0. The van der Waals surface area contributed by atoms with Crippen LogP contribution in [0.2, 0.25) is 0 Å². The standard InChI is InChI=1S/C16H22N4O3/c1-12(2)10-18-15(22)14-9-13(3-4-17-14)16(23)20-7-5-19(11-21)6-8-20/h3-4,9,11-12H,5-8,10H2,1-2H3,(H,18,22). The summed E-state index contributed by atoms with van der Waals surface area (Å²) in [5, 5.41) is 2.79. The highest BCUT2D eigenvalue weighted by molar-refractivity contribution is 5.98. The van der Waals surface area contributed by atoms with E-state index in [4.69, 9.17) is 0 Å². The quantitative estimate of drug-likeness (QED) is 0.796. The first-order chi connectivity index (χ1) is 11.0. The average Bonchev–Trinajstić information content (AvgIpc) is 2.59. The molecule has 0 unspecified atom stereocenters. The Morgan fingerprint density at radius 3 is 2.61 bits per heavy atom. The summed E-state index contributed by atoms with van der Waals surface area (Å²) in [6, 6.07) is 3.12. The molecule has 0 aliphatic carbocycles. The molecular weight excluding hydrogens is 296 g/mol. The number of amides is 3. The van der Waals surface area contributed by atoms with Gasteiger partial charge in [-0.1, -0.05) is 13.8 Å². The van der Waals surface area contributed by atoms with Crippen LogP contribution in [0.1, 0.15) is 34.7 Å². The van der Waals surface area contributed by atoms with Gasteiger partial charge < -0.3 is 15.1 Å². The fourth-order valence-corrected chi connectivity index (χ4v) is 2.29. The van der Waals surface area contributed by atoms with Crippen LogP contribution < -0.4 is 5.32 Å². The van der Waals surface area contributed by atoms with Gasteiger partial charge in [0.2, 0.25) is 6.41 Å². The second-order valence-electron chi connectivity index (χ2n) is 5.97. The summed E-state index contributed by atoms with van der Waals surface area (Å²) < 4.78 is 0. The summed E-state index contributed by atoms with van der Waals surface area (Å²) in [4.78, 5) is 42.6. The molecule has 0 spiro atoms. The van der Waals surface area contributed by atoms with E-state index in [-0.39, 0.29) is 17.5 Å². The normalized spacial score (nSPS) is 14.7. The van der Waals surface area contributed by atoms with Crippen molar-refractivity contribution >= 4 is 18.2 Å². The van der Waals surface area contributed by atoms with Crippen LogP contribution in [0.3, 0.4) is 0 Å². The second kappa shape index (κ2) is 7.71. The van der Waals surface area contributed by atoms with E-state index < -0.39 is 0 Å². The molecule has 1 fully saturated rings. The summed E-state index contributed by atoms with van der Waals surface area (Å²) in [6.07, 6.45) is 2.27. The highest BCUT2D eigenvalue weighted by Gasteiger charge is 2.22. The fraction of sp³-hybridized carbons (Fsp3) is 0.500. The lowest BCUT2D eigenvalue weighted by Gasteiger charge is -2.32. The van der Waals surface area contributed by atoms with Gasteiger partial charge in [0.15, 0.2) is 0 Å². The van der Waals surface area contributed by atoms with Crippen LogP contribution in [-0.2, 0) is 4.79 Å². The molecule has 2 heterocycles. The zero-order valence-electron chi connectivity index (χ0n) is 13.5. The number of hydrogen-bond donors (Lipinski definition) is 1. The Kier molecular flexibility index (Phi) is 5.67. The van der Waals surface area contributed by atoms with Gasteiger partial charge in [-0.25, -0.2) is 0 Å². The molecule has 7 heteroatoms. The van der Waals surface area contributed by atoms with Gasteiger partial charge in [0, 0.05) is 44.5 Å². The molecule has 0 bridgehead atoms. The second-order valence-corrected chi connectivity index (χ2v) is 5.97. The third kappa shape index (κ3) is 4.51. The van der Waals surface area contributed by atoms with Gasteiger partial charge in [-0.3, -0.25) is 19.4 Å². The molecule has 124 valence electrons. The van der Waals surface area contributed by atoms with Crippen molar-refractivity contribution in [2.75, 3.05) is 32.7 Å². The van der Waals surface area contributed by atoms with Crippen molar-refractivity contribution in [1.82, 2.24) is 20.1 Å². The molecule has 0 radical (unpaired) electrons. The van der Waals surface area contributed by atoms with Crippen molar-refractivity contribution in [3.63, 3.8) is 0 Å². The number of carbonyl (C=O) groups excluding carboxylic acids is 3. The summed E-state index contributed by atoms with van der Waals surface area (Å²) in [5.74, 6) is -0.0761. The number of pyridine rings is 1. The lowest BCUT2D eigenvalue weighted by Crippen LogP contribution is -2.48. The highest BCUT2D eigenvalue weighted by Crippen LogP contribution is 2.09. The van der Waals surface area contributed by atoms with Crippen molar-refractivity contribution in [3.05, 3.63) is 29.6 Å². The Bertz CT molecular complexity index is 580. The molecule has 2 rings (SSSR count). The van der Waals surface area contributed by atoms with Gasteiger partial charge in [0.05, 0.1) is 0 Å². The maximum Gasteiger partial charge on any atom is 0.269 e. The minimum absolute atomic E-state index is 0.143. The molecular formula is C16H22N4O3. The highest BCUT2D eigenvalue weighted by atomic mass is 16.2. The van der Waals surface area contributed by atoms with E-state index in [0.717, 1.165) is 6.41 Å². The molecule has 1 aliphatic heterocycles. The minimum Gasteiger partial charge on any atom is -0.350 e. The smallest absolute Gasteiger partial charge is 0.269 e. The van der Waals surface area contributed by atoms with E-state index in [1.165, 1.54) is 12.3 Å². The molecule has 3 amide bonds. The van der Waals surface area contributed by atoms with Gasteiger partial charge >= 0.3 is 0 Å². The molecule has 1 aromatic rings. The van der Waals surface area contributed by atoms with E-state index in [0.29, 0.717) is 44.2 Å². The summed E-state index contributed by atoms with van der Waals surface area (Å²) in [5.41, 5.74) is 0.678. The van der Waals surface area contributed by atoms with Crippen LogP contribution in [0.5, 0.6) is 0 Å². The van der Waals surface area contributed by atoms with Crippen molar-refractivity contribution in [3.8, 4) is 0 Å². The van der Waals surface area contributed by atoms with Crippen LogP contribution in [0.15, 0.2) is 18.3 Å². The van der Waals surface area contributed by atoms with Crippen molar-refractivity contribution in [2.24, 2.45) is 5.92 Å². The average molecular weight is 318 g/mol. The largest absolute Gasteiger partial charge is 0.350 e. The molecule has 1 N–H and O–H groups in total. The first kappa shape index (κ1) is 16.9. The maximum absolute atomic E-state index is 12.5. The Balaban J connectivity index is 2.03. The number of nitrogens with one attached hydrogen (secondary N) is 1. The van der Waals surface area contributed by atoms with Crippen LogP contribution in [0.4, 0.5) is 0 Å². The number of aromatic nitrogens is 1. The zero-order valence-corrected chi connectivity index (χ0v) is 13.5. The van der Waals surface area contributed by atoms with Crippen molar-refractivity contribution in [2.45, 2.75) is 13.8 Å². The fourth-order valence-electron chi connectivity index (χ4n) is 2.29. The first-order valence-electron chi connectivity index (χ1n) is 7.74. The maximum atomic E-state index is 12.5. The number of rotatable bonds is 5. The molecule has 0 aromatic carbocycles. The molecule has 1 aromatic heterocycles. The monoisotopic (exact) mass is 318 g/mol. The Morgan fingerprint density at radius 1 is 1.30 bits per heavy atom. The van der Waals surface area contributed by atoms with Gasteiger partial charge in [-0.05, 0) is 18.1 Å². The van der Waals surface area contributed by atoms with Gasteiger partial charge in [-0.15, -0.1) is 0 Å². The number of piperazine rings is 1. The third-order valence-electron chi connectivity index (χ3n) is 3.66.